The Labute approximate surface area is 110 Å². The minimum atomic E-state index is -1.10. The summed E-state index contributed by atoms with van der Waals surface area (Å²) in [5.41, 5.74) is 4.97. The summed E-state index contributed by atoms with van der Waals surface area (Å²) in [5, 5.41) is 13.5. The number of thioether (sulfide) groups is 1. The van der Waals surface area contributed by atoms with Gasteiger partial charge in [0.2, 0.25) is 5.91 Å². The van der Waals surface area contributed by atoms with E-state index in [1.807, 2.05) is 6.26 Å². The molecule has 8 heteroatoms. The predicted octanol–water partition coefficient (Wildman–Crippen LogP) is -0.244. The molecule has 0 spiro atoms. The van der Waals surface area contributed by atoms with Crippen molar-refractivity contribution in [2.75, 3.05) is 12.0 Å². The molecule has 0 saturated carbocycles. The number of carboxylic acid groups (broad SMARTS) is 1. The second-order valence-corrected chi connectivity index (χ2v) is 4.64. The standard InChI is InChI=1S/C10H19N3O4S/c1-3-6(9(15)16)12-8(14)7(4-5-18-2)13-10(11)17/h6-7H,3-5H2,1-2H3,(H,12,14)(H,15,16)(H3,11,13,17). The highest BCUT2D eigenvalue weighted by atomic mass is 32.2. The fourth-order valence-corrected chi connectivity index (χ4v) is 1.76. The molecule has 0 saturated heterocycles. The first kappa shape index (κ1) is 16.6. The number of carboxylic acids is 1. The highest BCUT2D eigenvalue weighted by Gasteiger charge is 2.24. The van der Waals surface area contributed by atoms with Crippen molar-refractivity contribution in [1.29, 1.82) is 0 Å². The summed E-state index contributed by atoms with van der Waals surface area (Å²) in [7, 11) is 0. The molecule has 0 aliphatic carbocycles. The number of carbonyl (C=O) groups excluding carboxylic acids is 2. The average Bonchev–Trinajstić information content (AvgIpc) is 2.30. The van der Waals surface area contributed by atoms with Crippen LogP contribution < -0.4 is 16.4 Å². The van der Waals surface area contributed by atoms with E-state index in [9.17, 15) is 14.4 Å². The first-order chi connectivity index (χ1) is 8.42. The maximum atomic E-state index is 11.8. The minimum Gasteiger partial charge on any atom is -0.480 e. The fourth-order valence-electron chi connectivity index (χ4n) is 1.29. The Balaban J connectivity index is 4.52. The molecule has 0 aromatic rings. The molecule has 104 valence electrons. The van der Waals surface area contributed by atoms with Crippen molar-refractivity contribution >= 4 is 29.7 Å². The van der Waals surface area contributed by atoms with Crippen LogP contribution in [0.15, 0.2) is 0 Å². The molecule has 0 aliphatic heterocycles. The number of urea groups is 1. The summed E-state index contributed by atoms with van der Waals surface area (Å²) < 4.78 is 0. The SMILES string of the molecule is CCC(NC(=O)C(CCSC)NC(N)=O)C(=O)O. The van der Waals surface area contributed by atoms with Crippen molar-refractivity contribution in [2.24, 2.45) is 5.73 Å². The van der Waals surface area contributed by atoms with Gasteiger partial charge in [0.05, 0.1) is 0 Å². The number of hydrogen-bond donors (Lipinski definition) is 4. The highest BCUT2D eigenvalue weighted by Crippen LogP contribution is 2.02. The van der Waals surface area contributed by atoms with Crippen LogP contribution in [0.25, 0.3) is 0 Å². The summed E-state index contributed by atoms with van der Waals surface area (Å²) >= 11 is 1.52. The van der Waals surface area contributed by atoms with Crippen molar-refractivity contribution in [3.8, 4) is 0 Å². The van der Waals surface area contributed by atoms with Crippen LogP contribution in [0.2, 0.25) is 0 Å². The van der Waals surface area contributed by atoms with Gasteiger partial charge in [-0.25, -0.2) is 9.59 Å². The van der Waals surface area contributed by atoms with Gasteiger partial charge >= 0.3 is 12.0 Å². The van der Waals surface area contributed by atoms with Gasteiger partial charge < -0.3 is 21.5 Å². The summed E-state index contributed by atoms with van der Waals surface area (Å²) in [6.45, 7) is 1.65. The van der Waals surface area contributed by atoms with Crippen LogP contribution in [0.3, 0.4) is 0 Å². The maximum Gasteiger partial charge on any atom is 0.326 e. The highest BCUT2D eigenvalue weighted by molar-refractivity contribution is 7.98. The van der Waals surface area contributed by atoms with E-state index in [1.54, 1.807) is 6.92 Å². The van der Waals surface area contributed by atoms with Gasteiger partial charge in [0.15, 0.2) is 0 Å². The van der Waals surface area contributed by atoms with Gasteiger partial charge in [-0.3, -0.25) is 4.79 Å². The van der Waals surface area contributed by atoms with Crippen LogP contribution in [0, 0.1) is 0 Å². The molecular formula is C10H19N3O4S. The molecule has 0 bridgehead atoms. The lowest BCUT2D eigenvalue weighted by atomic mass is 10.1. The van der Waals surface area contributed by atoms with E-state index in [2.05, 4.69) is 10.6 Å². The largest absolute Gasteiger partial charge is 0.480 e. The fraction of sp³-hybridized carbons (Fsp3) is 0.700. The molecule has 2 unspecified atom stereocenters. The third-order valence-corrected chi connectivity index (χ3v) is 2.91. The first-order valence-electron chi connectivity index (χ1n) is 5.50. The van der Waals surface area contributed by atoms with Crippen molar-refractivity contribution < 1.29 is 19.5 Å². The molecule has 0 fully saturated rings. The molecular weight excluding hydrogens is 258 g/mol. The van der Waals surface area contributed by atoms with E-state index < -0.39 is 30.0 Å². The lowest BCUT2D eigenvalue weighted by Gasteiger charge is -2.19. The maximum absolute atomic E-state index is 11.8. The van der Waals surface area contributed by atoms with Crippen LogP contribution in [0.4, 0.5) is 4.79 Å². The van der Waals surface area contributed by atoms with Crippen molar-refractivity contribution in [3.63, 3.8) is 0 Å². The number of hydrogen-bond acceptors (Lipinski definition) is 4. The molecule has 18 heavy (non-hydrogen) atoms. The van der Waals surface area contributed by atoms with Crippen molar-refractivity contribution in [2.45, 2.75) is 31.8 Å². The lowest BCUT2D eigenvalue weighted by molar-refractivity contribution is -0.142. The Morgan fingerprint density at radius 2 is 1.89 bits per heavy atom. The van der Waals surface area contributed by atoms with Gasteiger partial charge in [0.1, 0.15) is 12.1 Å². The van der Waals surface area contributed by atoms with Crippen LogP contribution in [0.5, 0.6) is 0 Å². The van der Waals surface area contributed by atoms with Gasteiger partial charge in [-0.2, -0.15) is 11.8 Å². The third kappa shape index (κ3) is 6.33. The Morgan fingerprint density at radius 3 is 2.28 bits per heavy atom. The van der Waals surface area contributed by atoms with Crippen molar-refractivity contribution in [1.82, 2.24) is 10.6 Å². The zero-order valence-corrected chi connectivity index (χ0v) is 11.3. The summed E-state index contributed by atoms with van der Waals surface area (Å²) in [4.78, 5) is 33.4. The number of primary amides is 1. The quantitative estimate of drug-likeness (QED) is 0.487. The minimum absolute atomic E-state index is 0.271. The van der Waals surface area contributed by atoms with E-state index in [0.717, 1.165) is 0 Å². The molecule has 0 aromatic carbocycles. The molecule has 2 atom stereocenters. The number of aliphatic carboxylic acids is 1. The molecule has 0 rings (SSSR count). The van der Waals surface area contributed by atoms with Crippen LogP contribution in [-0.4, -0.2) is 47.1 Å². The van der Waals surface area contributed by atoms with E-state index in [4.69, 9.17) is 10.8 Å². The summed E-state index contributed by atoms with van der Waals surface area (Å²) in [6.07, 6.45) is 2.53. The molecule has 7 nitrogen and oxygen atoms in total. The van der Waals surface area contributed by atoms with Gasteiger partial charge in [-0.05, 0) is 24.9 Å². The number of amides is 3. The molecule has 0 aromatic heterocycles. The smallest absolute Gasteiger partial charge is 0.326 e. The number of rotatable bonds is 8. The summed E-state index contributed by atoms with van der Waals surface area (Å²) in [5.74, 6) is -0.979. The predicted molar refractivity (Wildman–Crippen MR) is 69.4 cm³/mol. The van der Waals surface area contributed by atoms with Crippen LogP contribution in [-0.2, 0) is 9.59 Å². The molecule has 0 heterocycles. The third-order valence-electron chi connectivity index (χ3n) is 2.27. The molecule has 5 N–H and O–H groups in total. The van der Waals surface area contributed by atoms with Gasteiger partial charge in [-0.1, -0.05) is 6.92 Å². The topological polar surface area (TPSA) is 122 Å². The van der Waals surface area contributed by atoms with Crippen LogP contribution >= 0.6 is 11.8 Å². The Morgan fingerprint density at radius 1 is 1.28 bits per heavy atom. The van der Waals surface area contributed by atoms with E-state index in [0.29, 0.717) is 12.2 Å². The second-order valence-electron chi connectivity index (χ2n) is 3.65. The second kappa shape index (κ2) is 8.62. The molecule has 0 radical (unpaired) electrons. The van der Waals surface area contributed by atoms with E-state index in [-0.39, 0.29) is 6.42 Å². The monoisotopic (exact) mass is 277 g/mol. The Hall–Kier alpha value is -1.44. The Kier molecular flexibility index (Phi) is 7.93. The van der Waals surface area contributed by atoms with Crippen LogP contribution in [0.1, 0.15) is 19.8 Å². The number of carbonyl (C=O) groups is 3. The lowest BCUT2D eigenvalue weighted by Crippen LogP contribution is -2.52. The van der Waals surface area contributed by atoms with Gasteiger partial charge in [0.25, 0.3) is 0 Å². The molecule has 0 aliphatic rings. The molecule has 3 amide bonds. The first-order valence-corrected chi connectivity index (χ1v) is 6.89. The summed E-state index contributed by atoms with van der Waals surface area (Å²) in [6, 6.07) is -2.56. The van der Waals surface area contributed by atoms with Gasteiger partial charge in [-0.15, -0.1) is 0 Å². The zero-order chi connectivity index (χ0) is 14.1. The number of nitrogens with two attached hydrogens (primary N) is 1. The zero-order valence-electron chi connectivity index (χ0n) is 10.4. The normalized spacial score (nSPS) is 13.4. The number of nitrogens with one attached hydrogen (secondary N) is 2. The van der Waals surface area contributed by atoms with E-state index in [1.165, 1.54) is 11.8 Å². The Bertz CT molecular complexity index is 311. The van der Waals surface area contributed by atoms with Gasteiger partial charge in [0, 0.05) is 0 Å². The van der Waals surface area contributed by atoms with Crippen molar-refractivity contribution in [3.05, 3.63) is 0 Å². The average molecular weight is 277 g/mol. The van der Waals surface area contributed by atoms with E-state index >= 15 is 0 Å².